The Morgan fingerprint density at radius 2 is 2.22 bits per heavy atom. The van der Waals surface area contributed by atoms with E-state index >= 15 is 0 Å². The molecule has 1 heterocycles. The number of nitrogens with one attached hydrogen (secondary N) is 1. The number of rotatable bonds is 7. The van der Waals surface area contributed by atoms with E-state index in [0.29, 0.717) is 13.1 Å². The Labute approximate surface area is 147 Å². The number of likely N-dealkylation sites (N-methyl/N-ethyl adjacent to an activating group) is 1. The summed E-state index contributed by atoms with van der Waals surface area (Å²) in [5.74, 6) is 0.841. The van der Waals surface area contributed by atoms with Crippen molar-refractivity contribution in [2.45, 2.75) is 26.4 Å². The molecule has 0 aliphatic carbocycles. The minimum absolute atomic E-state index is 0.0116. The van der Waals surface area contributed by atoms with E-state index < -0.39 is 0 Å². The first-order valence-electron chi connectivity index (χ1n) is 8.29. The first kappa shape index (κ1) is 18.1. The number of likely N-dealkylation sites (tertiary alicyclic amines) is 1. The van der Waals surface area contributed by atoms with Crippen molar-refractivity contribution < 1.29 is 9.53 Å². The zero-order valence-electron chi connectivity index (χ0n) is 13.9. The molecule has 2 rings (SSSR count). The van der Waals surface area contributed by atoms with Gasteiger partial charge in [0.05, 0.1) is 6.54 Å². The van der Waals surface area contributed by atoms with Gasteiger partial charge in [-0.15, -0.1) is 0 Å². The van der Waals surface area contributed by atoms with E-state index in [9.17, 15) is 4.79 Å². The SMILES string of the molecule is CCN(CC)CCNC(=O)N1CCC(Oc2cccc(Br)c2)C1. The summed E-state index contributed by atoms with van der Waals surface area (Å²) >= 11 is 3.44. The van der Waals surface area contributed by atoms with E-state index in [0.717, 1.165) is 42.8 Å². The minimum atomic E-state index is 0.0116. The number of urea groups is 1. The van der Waals surface area contributed by atoms with Crippen LogP contribution in [-0.4, -0.2) is 61.2 Å². The number of amides is 2. The highest BCUT2D eigenvalue weighted by molar-refractivity contribution is 9.10. The molecule has 0 saturated carbocycles. The van der Waals surface area contributed by atoms with E-state index in [1.54, 1.807) is 0 Å². The molecule has 0 radical (unpaired) electrons. The normalized spacial score (nSPS) is 17.6. The summed E-state index contributed by atoms with van der Waals surface area (Å²) in [6, 6.07) is 7.82. The molecule has 5 nitrogen and oxygen atoms in total. The highest BCUT2D eigenvalue weighted by atomic mass is 79.9. The Morgan fingerprint density at radius 1 is 1.43 bits per heavy atom. The molecule has 1 aromatic rings. The molecule has 1 N–H and O–H groups in total. The van der Waals surface area contributed by atoms with Crippen molar-refractivity contribution in [3.05, 3.63) is 28.7 Å². The maximum Gasteiger partial charge on any atom is 0.317 e. The summed E-state index contributed by atoms with van der Waals surface area (Å²) in [6.07, 6.45) is 0.938. The molecule has 6 heteroatoms. The zero-order chi connectivity index (χ0) is 16.7. The average molecular weight is 384 g/mol. The van der Waals surface area contributed by atoms with Gasteiger partial charge in [-0.2, -0.15) is 0 Å². The number of benzene rings is 1. The number of nitrogens with zero attached hydrogens (tertiary/aromatic N) is 2. The van der Waals surface area contributed by atoms with Gasteiger partial charge in [0, 0.05) is 30.5 Å². The molecule has 0 spiro atoms. The summed E-state index contributed by atoms with van der Waals surface area (Å²) < 4.78 is 6.95. The molecule has 0 aromatic heterocycles. The van der Waals surface area contributed by atoms with E-state index in [1.807, 2.05) is 29.2 Å². The molecule has 1 saturated heterocycles. The molecule has 0 bridgehead atoms. The van der Waals surface area contributed by atoms with E-state index in [1.165, 1.54) is 0 Å². The molecule has 1 fully saturated rings. The third kappa shape index (κ3) is 5.70. The monoisotopic (exact) mass is 383 g/mol. The van der Waals surface area contributed by atoms with Gasteiger partial charge in [0.25, 0.3) is 0 Å². The number of ether oxygens (including phenoxy) is 1. The smallest absolute Gasteiger partial charge is 0.317 e. The van der Waals surface area contributed by atoms with Gasteiger partial charge in [0.1, 0.15) is 11.9 Å². The highest BCUT2D eigenvalue weighted by Gasteiger charge is 2.27. The Bertz CT molecular complexity index is 508. The molecular formula is C17H26BrN3O2. The van der Waals surface area contributed by atoms with Crippen LogP contribution in [0.25, 0.3) is 0 Å². The summed E-state index contributed by atoms with van der Waals surface area (Å²) in [5.41, 5.74) is 0. The fourth-order valence-corrected chi connectivity index (χ4v) is 3.09. The van der Waals surface area contributed by atoms with Gasteiger partial charge in [-0.1, -0.05) is 35.8 Å². The number of hydrogen-bond acceptors (Lipinski definition) is 3. The van der Waals surface area contributed by atoms with Crippen LogP contribution in [0.15, 0.2) is 28.7 Å². The lowest BCUT2D eigenvalue weighted by atomic mass is 10.3. The molecule has 23 heavy (non-hydrogen) atoms. The third-order valence-electron chi connectivity index (χ3n) is 4.13. The van der Waals surface area contributed by atoms with Crippen LogP contribution in [0.5, 0.6) is 5.75 Å². The number of carbonyl (C=O) groups is 1. The predicted molar refractivity (Wildman–Crippen MR) is 95.9 cm³/mol. The molecule has 1 aromatic carbocycles. The van der Waals surface area contributed by atoms with Crippen molar-refractivity contribution in [1.29, 1.82) is 0 Å². The van der Waals surface area contributed by atoms with Gasteiger partial charge in [-0.3, -0.25) is 0 Å². The van der Waals surface area contributed by atoms with Gasteiger partial charge in [0.15, 0.2) is 0 Å². The largest absolute Gasteiger partial charge is 0.488 e. The average Bonchev–Trinajstić information content (AvgIpc) is 3.00. The third-order valence-corrected chi connectivity index (χ3v) is 4.62. The van der Waals surface area contributed by atoms with Crippen LogP contribution in [-0.2, 0) is 0 Å². The number of halogens is 1. The summed E-state index contributed by atoms with van der Waals surface area (Å²) in [4.78, 5) is 16.3. The maximum absolute atomic E-state index is 12.2. The van der Waals surface area contributed by atoms with Crippen LogP contribution in [0.4, 0.5) is 4.79 Å². The zero-order valence-corrected chi connectivity index (χ0v) is 15.5. The Balaban J connectivity index is 1.73. The van der Waals surface area contributed by atoms with Crippen LogP contribution in [0.3, 0.4) is 0 Å². The van der Waals surface area contributed by atoms with Crippen molar-refractivity contribution >= 4 is 22.0 Å². The second-order valence-corrected chi connectivity index (χ2v) is 6.61. The molecule has 128 valence electrons. The highest BCUT2D eigenvalue weighted by Crippen LogP contribution is 2.22. The van der Waals surface area contributed by atoms with Gasteiger partial charge in [0.2, 0.25) is 0 Å². The number of carbonyl (C=O) groups excluding carboxylic acids is 1. The van der Waals surface area contributed by atoms with E-state index in [2.05, 4.69) is 40.0 Å². The van der Waals surface area contributed by atoms with Gasteiger partial charge < -0.3 is 19.9 Å². The van der Waals surface area contributed by atoms with Crippen molar-refractivity contribution in [3.63, 3.8) is 0 Å². The standard InChI is InChI=1S/C17H26BrN3O2/c1-3-20(4-2)11-9-19-17(22)21-10-8-16(13-21)23-15-7-5-6-14(18)12-15/h5-7,12,16H,3-4,8-11,13H2,1-2H3,(H,19,22). The van der Waals surface area contributed by atoms with Crippen LogP contribution in [0, 0.1) is 0 Å². The topological polar surface area (TPSA) is 44.8 Å². The van der Waals surface area contributed by atoms with Crippen molar-refractivity contribution in [3.8, 4) is 5.75 Å². The Kier molecular flexibility index (Phi) is 7.17. The lowest BCUT2D eigenvalue weighted by Gasteiger charge is -2.21. The van der Waals surface area contributed by atoms with Gasteiger partial charge in [-0.25, -0.2) is 4.79 Å². The van der Waals surface area contributed by atoms with Crippen LogP contribution < -0.4 is 10.1 Å². The fourth-order valence-electron chi connectivity index (χ4n) is 2.71. The fraction of sp³-hybridized carbons (Fsp3) is 0.588. The van der Waals surface area contributed by atoms with Crippen molar-refractivity contribution in [2.75, 3.05) is 39.3 Å². The molecule has 1 aliphatic heterocycles. The molecule has 1 atom stereocenters. The minimum Gasteiger partial charge on any atom is -0.488 e. The van der Waals surface area contributed by atoms with E-state index in [-0.39, 0.29) is 12.1 Å². The van der Waals surface area contributed by atoms with Crippen molar-refractivity contribution in [1.82, 2.24) is 15.1 Å². The summed E-state index contributed by atoms with van der Waals surface area (Å²) in [5, 5.41) is 3.00. The Hall–Kier alpha value is -1.27. The lowest BCUT2D eigenvalue weighted by Crippen LogP contribution is -2.42. The van der Waals surface area contributed by atoms with Crippen LogP contribution in [0.2, 0.25) is 0 Å². The molecule has 2 amide bonds. The molecular weight excluding hydrogens is 358 g/mol. The summed E-state index contributed by atoms with van der Waals surface area (Å²) in [7, 11) is 0. The quantitative estimate of drug-likeness (QED) is 0.786. The van der Waals surface area contributed by atoms with Crippen LogP contribution in [0.1, 0.15) is 20.3 Å². The molecule has 1 aliphatic rings. The van der Waals surface area contributed by atoms with Gasteiger partial charge >= 0.3 is 6.03 Å². The Morgan fingerprint density at radius 3 is 2.91 bits per heavy atom. The maximum atomic E-state index is 12.2. The van der Waals surface area contributed by atoms with E-state index in [4.69, 9.17) is 4.74 Å². The molecule has 1 unspecified atom stereocenters. The predicted octanol–water partition coefficient (Wildman–Crippen LogP) is 2.95. The first-order valence-corrected chi connectivity index (χ1v) is 9.09. The second-order valence-electron chi connectivity index (χ2n) is 5.69. The number of hydrogen-bond donors (Lipinski definition) is 1. The van der Waals surface area contributed by atoms with Gasteiger partial charge in [-0.05, 0) is 31.3 Å². The summed E-state index contributed by atoms with van der Waals surface area (Å²) in [6.45, 7) is 9.26. The first-order chi connectivity index (χ1) is 11.1. The van der Waals surface area contributed by atoms with Crippen LogP contribution >= 0.6 is 15.9 Å². The lowest BCUT2D eigenvalue weighted by molar-refractivity contribution is 0.185. The second kappa shape index (κ2) is 9.13. The van der Waals surface area contributed by atoms with Crippen molar-refractivity contribution in [2.24, 2.45) is 0 Å².